The molecule has 0 fully saturated rings. The molecule has 0 heterocycles. The van der Waals surface area contributed by atoms with Crippen LogP contribution in [-0.4, -0.2) is 12.4 Å². The minimum Gasteiger partial charge on any atom is -0.493 e. The lowest BCUT2D eigenvalue weighted by Gasteiger charge is -2.06. The van der Waals surface area contributed by atoms with E-state index in [4.69, 9.17) is 16.3 Å². The first kappa shape index (κ1) is 14.5. The number of ketones is 1. The van der Waals surface area contributed by atoms with Crippen LogP contribution in [0.3, 0.4) is 0 Å². The number of carbonyl (C=O) groups is 1. The third-order valence-electron chi connectivity index (χ3n) is 2.66. The first-order chi connectivity index (χ1) is 9.56. The molecule has 0 radical (unpaired) electrons. The number of Topliss-reactive ketones (excluding diaryl/α,β-unsaturated/α-hetero) is 1. The fraction of sp³-hybridized carbons (Fsp3) is 0.133. The zero-order chi connectivity index (χ0) is 14.5. The van der Waals surface area contributed by atoms with Crippen LogP contribution >= 0.6 is 11.6 Å². The molecule has 0 aliphatic rings. The molecular weight excluding hydrogens is 286 g/mol. The number of halogens is 3. The second kappa shape index (κ2) is 6.48. The lowest BCUT2D eigenvalue weighted by atomic mass is 10.1. The third kappa shape index (κ3) is 3.78. The zero-order valence-electron chi connectivity index (χ0n) is 10.4. The van der Waals surface area contributed by atoms with E-state index < -0.39 is 11.6 Å². The van der Waals surface area contributed by atoms with Crippen LogP contribution in [-0.2, 0) is 0 Å². The van der Waals surface area contributed by atoms with Gasteiger partial charge in [-0.05, 0) is 36.4 Å². The van der Waals surface area contributed by atoms with Gasteiger partial charge >= 0.3 is 0 Å². The second-order valence-electron chi connectivity index (χ2n) is 4.10. The number of ether oxygens (including phenoxy) is 1. The van der Waals surface area contributed by atoms with Gasteiger partial charge in [0.2, 0.25) is 0 Å². The molecule has 0 saturated heterocycles. The van der Waals surface area contributed by atoms with Gasteiger partial charge in [0.25, 0.3) is 0 Å². The van der Waals surface area contributed by atoms with Crippen LogP contribution in [0.4, 0.5) is 8.78 Å². The van der Waals surface area contributed by atoms with Gasteiger partial charge < -0.3 is 4.74 Å². The number of benzene rings is 2. The highest BCUT2D eigenvalue weighted by Crippen LogP contribution is 2.21. The topological polar surface area (TPSA) is 26.3 Å². The van der Waals surface area contributed by atoms with E-state index in [0.29, 0.717) is 11.3 Å². The average molecular weight is 297 g/mol. The summed E-state index contributed by atoms with van der Waals surface area (Å²) in [5, 5.41) is -0.0349. The van der Waals surface area contributed by atoms with Crippen molar-refractivity contribution in [3.05, 3.63) is 64.7 Å². The molecule has 104 valence electrons. The van der Waals surface area contributed by atoms with E-state index in [2.05, 4.69) is 0 Å². The maximum absolute atomic E-state index is 12.9. The Hall–Kier alpha value is -1.94. The Morgan fingerprint density at radius 2 is 1.80 bits per heavy atom. The van der Waals surface area contributed by atoms with Crippen LogP contribution in [0.15, 0.2) is 42.5 Å². The molecule has 0 aliphatic carbocycles. The molecule has 2 aromatic rings. The summed E-state index contributed by atoms with van der Waals surface area (Å²) in [6.07, 6.45) is 0.140. The predicted octanol–water partition coefficient (Wildman–Crippen LogP) is 4.27. The minimum absolute atomic E-state index is 0.0349. The van der Waals surface area contributed by atoms with E-state index in [9.17, 15) is 13.6 Å². The van der Waals surface area contributed by atoms with Crippen molar-refractivity contribution >= 4 is 17.4 Å². The molecular formula is C15H11ClF2O2. The molecule has 0 N–H and O–H groups in total. The van der Waals surface area contributed by atoms with Crippen molar-refractivity contribution in [1.82, 2.24) is 0 Å². The van der Waals surface area contributed by atoms with Crippen molar-refractivity contribution in [2.75, 3.05) is 6.61 Å². The van der Waals surface area contributed by atoms with Crippen LogP contribution in [0.2, 0.25) is 5.02 Å². The molecule has 0 saturated carbocycles. The Bertz CT molecular complexity index is 612. The van der Waals surface area contributed by atoms with Crippen LogP contribution < -0.4 is 4.74 Å². The van der Waals surface area contributed by atoms with E-state index in [1.807, 2.05) is 0 Å². The van der Waals surface area contributed by atoms with Crippen LogP contribution in [0.1, 0.15) is 16.8 Å². The summed E-state index contributed by atoms with van der Waals surface area (Å²) in [5.41, 5.74) is 0.423. The quantitative estimate of drug-likeness (QED) is 0.770. The largest absolute Gasteiger partial charge is 0.493 e. The van der Waals surface area contributed by atoms with Gasteiger partial charge in [0, 0.05) is 18.1 Å². The first-order valence-electron chi connectivity index (χ1n) is 5.93. The molecule has 0 aromatic heterocycles. The Morgan fingerprint density at radius 1 is 1.10 bits per heavy atom. The minimum atomic E-state index is -0.526. The predicted molar refractivity (Wildman–Crippen MR) is 72.3 cm³/mol. The standard InChI is InChI=1S/C15H11ClF2O2/c16-13-9-12(5-6-14(13)18)20-8-7-15(19)10-1-3-11(17)4-2-10/h1-6,9H,7-8H2. The average Bonchev–Trinajstić information content (AvgIpc) is 2.43. The molecule has 0 aliphatic heterocycles. The Morgan fingerprint density at radius 3 is 2.45 bits per heavy atom. The van der Waals surface area contributed by atoms with Crippen molar-refractivity contribution < 1.29 is 18.3 Å². The molecule has 2 aromatic carbocycles. The molecule has 2 nitrogen and oxygen atoms in total. The molecule has 0 amide bonds. The lowest BCUT2D eigenvalue weighted by molar-refractivity contribution is 0.0962. The molecule has 5 heteroatoms. The Balaban J connectivity index is 1.87. The molecule has 0 unspecified atom stereocenters. The van der Waals surface area contributed by atoms with Crippen molar-refractivity contribution in [2.24, 2.45) is 0 Å². The van der Waals surface area contributed by atoms with E-state index in [-0.39, 0.29) is 23.8 Å². The number of rotatable bonds is 5. The molecule has 2 rings (SSSR count). The number of hydrogen-bond acceptors (Lipinski definition) is 2. The van der Waals surface area contributed by atoms with Gasteiger partial charge in [-0.1, -0.05) is 11.6 Å². The summed E-state index contributed by atoms with van der Waals surface area (Å²) >= 11 is 5.61. The molecule has 20 heavy (non-hydrogen) atoms. The highest BCUT2D eigenvalue weighted by molar-refractivity contribution is 6.30. The van der Waals surface area contributed by atoms with Gasteiger partial charge in [0.15, 0.2) is 5.78 Å². The maximum atomic E-state index is 12.9. The molecule has 0 bridgehead atoms. The second-order valence-corrected chi connectivity index (χ2v) is 4.51. The highest BCUT2D eigenvalue weighted by Gasteiger charge is 2.07. The Kier molecular flexibility index (Phi) is 4.69. The molecule has 0 spiro atoms. The fourth-order valence-electron chi connectivity index (χ4n) is 1.61. The normalized spacial score (nSPS) is 10.3. The summed E-state index contributed by atoms with van der Waals surface area (Å²) in [6, 6.07) is 9.28. The lowest BCUT2D eigenvalue weighted by Crippen LogP contribution is -2.06. The van der Waals surface area contributed by atoms with Gasteiger partial charge in [-0.2, -0.15) is 0 Å². The zero-order valence-corrected chi connectivity index (χ0v) is 11.2. The van der Waals surface area contributed by atoms with E-state index in [0.717, 1.165) is 0 Å². The van der Waals surface area contributed by atoms with Crippen LogP contribution in [0.5, 0.6) is 5.75 Å². The van der Waals surface area contributed by atoms with Gasteiger partial charge in [0.1, 0.15) is 17.4 Å². The van der Waals surface area contributed by atoms with E-state index in [1.165, 1.54) is 42.5 Å². The summed E-state index contributed by atoms with van der Waals surface area (Å²) < 4.78 is 31.0. The number of carbonyl (C=O) groups excluding carboxylic acids is 1. The summed E-state index contributed by atoms with van der Waals surface area (Å²) in [4.78, 5) is 11.8. The van der Waals surface area contributed by atoms with Gasteiger partial charge in [-0.25, -0.2) is 8.78 Å². The van der Waals surface area contributed by atoms with E-state index in [1.54, 1.807) is 0 Å². The first-order valence-corrected chi connectivity index (χ1v) is 6.30. The SMILES string of the molecule is O=C(CCOc1ccc(F)c(Cl)c1)c1ccc(F)cc1. The fourth-order valence-corrected chi connectivity index (χ4v) is 1.78. The highest BCUT2D eigenvalue weighted by atomic mass is 35.5. The van der Waals surface area contributed by atoms with Crippen LogP contribution in [0, 0.1) is 11.6 Å². The van der Waals surface area contributed by atoms with Gasteiger partial charge in [-0.3, -0.25) is 4.79 Å². The van der Waals surface area contributed by atoms with Crippen LogP contribution in [0.25, 0.3) is 0 Å². The van der Waals surface area contributed by atoms with E-state index >= 15 is 0 Å². The number of hydrogen-bond donors (Lipinski definition) is 0. The maximum Gasteiger partial charge on any atom is 0.166 e. The smallest absolute Gasteiger partial charge is 0.166 e. The van der Waals surface area contributed by atoms with Gasteiger partial charge in [0.05, 0.1) is 11.6 Å². The van der Waals surface area contributed by atoms with Gasteiger partial charge in [-0.15, -0.1) is 0 Å². The third-order valence-corrected chi connectivity index (χ3v) is 2.94. The Labute approximate surface area is 119 Å². The van der Waals surface area contributed by atoms with Crippen molar-refractivity contribution in [1.29, 1.82) is 0 Å². The summed E-state index contributed by atoms with van der Waals surface area (Å²) in [7, 11) is 0. The summed E-state index contributed by atoms with van der Waals surface area (Å²) in [6.45, 7) is 0.137. The van der Waals surface area contributed by atoms with Crippen molar-refractivity contribution in [3.8, 4) is 5.75 Å². The summed E-state index contributed by atoms with van der Waals surface area (Å²) in [5.74, 6) is -0.679. The molecule has 0 atom stereocenters. The monoisotopic (exact) mass is 296 g/mol. The van der Waals surface area contributed by atoms with Crippen molar-refractivity contribution in [3.63, 3.8) is 0 Å². The van der Waals surface area contributed by atoms with Crippen molar-refractivity contribution in [2.45, 2.75) is 6.42 Å².